The molecule has 0 aliphatic heterocycles. The van der Waals surface area contributed by atoms with Crippen molar-refractivity contribution in [3.05, 3.63) is 0 Å². The normalized spacial score (nSPS) is 34.5. The first-order valence-corrected chi connectivity index (χ1v) is 7.77. The van der Waals surface area contributed by atoms with Crippen LogP contribution < -0.4 is 5.32 Å². The van der Waals surface area contributed by atoms with Gasteiger partial charge in [0.2, 0.25) is 5.91 Å². The maximum atomic E-state index is 12.4. The highest BCUT2D eigenvalue weighted by Crippen LogP contribution is 2.31. The third-order valence-corrected chi connectivity index (χ3v) is 4.89. The van der Waals surface area contributed by atoms with Gasteiger partial charge in [0, 0.05) is 18.6 Å². The van der Waals surface area contributed by atoms with Gasteiger partial charge in [0.05, 0.1) is 11.8 Å². The van der Waals surface area contributed by atoms with Crippen molar-refractivity contribution in [1.82, 2.24) is 5.32 Å². The fourth-order valence-electron chi connectivity index (χ4n) is 3.65. The van der Waals surface area contributed by atoms with Gasteiger partial charge in [-0.05, 0) is 25.7 Å². The van der Waals surface area contributed by atoms with Gasteiger partial charge < -0.3 is 15.5 Å². The van der Waals surface area contributed by atoms with Gasteiger partial charge in [0.25, 0.3) is 0 Å². The number of aliphatic hydroxyl groups excluding tert-OH is 1. The topological polar surface area (TPSA) is 86.6 Å². The van der Waals surface area contributed by atoms with E-state index in [4.69, 9.17) is 0 Å². The standard InChI is InChI=1S/C15H25NO4/c17-9-10-5-1-4-8-13(10)16-14(18)11-6-2-3-7-12(11)15(19)20/h10-13,17H,1-9H2,(H,16,18)(H,19,20)/t10?,11-,12+,13?/m1/s1. The highest BCUT2D eigenvalue weighted by molar-refractivity contribution is 5.85. The summed E-state index contributed by atoms with van der Waals surface area (Å²) in [5.41, 5.74) is 0. The van der Waals surface area contributed by atoms with E-state index in [1.54, 1.807) is 0 Å². The van der Waals surface area contributed by atoms with Crippen LogP contribution in [0.5, 0.6) is 0 Å². The van der Waals surface area contributed by atoms with Gasteiger partial charge in [-0.15, -0.1) is 0 Å². The van der Waals surface area contributed by atoms with Crippen molar-refractivity contribution in [2.45, 2.75) is 57.4 Å². The molecule has 114 valence electrons. The van der Waals surface area contributed by atoms with Crippen molar-refractivity contribution in [3.8, 4) is 0 Å². The summed E-state index contributed by atoms with van der Waals surface area (Å²) in [7, 11) is 0. The first-order valence-electron chi connectivity index (χ1n) is 7.77. The zero-order chi connectivity index (χ0) is 14.5. The van der Waals surface area contributed by atoms with Gasteiger partial charge in [0.15, 0.2) is 0 Å². The minimum atomic E-state index is -0.854. The molecule has 5 heteroatoms. The van der Waals surface area contributed by atoms with Crippen LogP contribution in [0.2, 0.25) is 0 Å². The van der Waals surface area contributed by atoms with Crippen LogP contribution in [0.1, 0.15) is 51.4 Å². The van der Waals surface area contributed by atoms with Crippen molar-refractivity contribution in [1.29, 1.82) is 0 Å². The monoisotopic (exact) mass is 283 g/mol. The molecule has 3 N–H and O–H groups in total. The fourth-order valence-corrected chi connectivity index (χ4v) is 3.65. The average Bonchev–Trinajstić information content (AvgIpc) is 2.47. The van der Waals surface area contributed by atoms with E-state index in [1.165, 1.54) is 0 Å². The van der Waals surface area contributed by atoms with E-state index in [9.17, 15) is 19.8 Å². The van der Waals surface area contributed by atoms with Crippen LogP contribution in [0.3, 0.4) is 0 Å². The molecule has 0 radical (unpaired) electrons. The number of carbonyl (C=O) groups is 2. The van der Waals surface area contributed by atoms with E-state index in [0.29, 0.717) is 12.8 Å². The molecule has 2 rings (SSSR count). The summed E-state index contributed by atoms with van der Waals surface area (Å²) < 4.78 is 0. The number of carbonyl (C=O) groups excluding carboxylic acids is 1. The van der Waals surface area contributed by atoms with E-state index in [1.807, 2.05) is 0 Å². The summed E-state index contributed by atoms with van der Waals surface area (Å²) in [5, 5.41) is 21.6. The molecule has 2 aliphatic rings. The molecule has 0 aromatic rings. The number of amides is 1. The molecule has 20 heavy (non-hydrogen) atoms. The summed E-state index contributed by atoms with van der Waals surface area (Å²) >= 11 is 0. The Hall–Kier alpha value is -1.10. The molecule has 0 aromatic carbocycles. The second-order valence-corrected chi connectivity index (χ2v) is 6.18. The second-order valence-electron chi connectivity index (χ2n) is 6.18. The molecule has 0 bridgehead atoms. The molecular weight excluding hydrogens is 258 g/mol. The van der Waals surface area contributed by atoms with Crippen LogP contribution in [-0.2, 0) is 9.59 Å². The number of aliphatic carboxylic acids is 1. The summed E-state index contributed by atoms with van der Waals surface area (Å²) in [4.78, 5) is 23.6. The molecule has 2 unspecified atom stereocenters. The van der Waals surface area contributed by atoms with E-state index in [-0.39, 0.29) is 24.5 Å². The number of aliphatic hydroxyl groups is 1. The lowest BCUT2D eigenvalue weighted by Gasteiger charge is -2.34. The Labute approximate surface area is 119 Å². The number of hydrogen-bond donors (Lipinski definition) is 3. The van der Waals surface area contributed by atoms with Crippen molar-refractivity contribution in [2.75, 3.05) is 6.61 Å². The average molecular weight is 283 g/mol. The number of nitrogens with one attached hydrogen (secondary N) is 1. The molecular formula is C15H25NO4. The Morgan fingerprint density at radius 1 is 0.950 bits per heavy atom. The summed E-state index contributed by atoms with van der Waals surface area (Å²) in [5.74, 6) is -1.79. The number of hydrogen-bond acceptors (Lipinski definition) is 3. The molecule has 0 saturated heterocycles. The summed E-state index contributed by atoms with van der Waals surface area (Å²) in [6.07, 6.45) is 7.07. The minimum Gasteiger partial charge on any atom is -0.481 e. The SMILES string of the molecule is O=C(O)[C@H]1CCCC[C@H]1C(=O)NC1CCCCC1CO. The molecule has 1 amide bonds. The van der Waals surface area contributed by atoms with Gasteiger partial charge >= 0.3 is 5.97 Å². The lowest BCUT2D eigenvalue weighted by Crippen LogP contribution is -2.48. The molecule has 2 fully saturated rings. The van der Waals surface area contributed by atoms with Crippen LogP contribution >= 0.6 is 0 Å². The number of rotatable bonds is 4. The van der Waals surface area contributed by atoms with Gasteiger partial charge in [0.1, 0.15) is 0 Å². The van der Waals surface area contributed by atoms with E-state index >= 15 is 0 Å². The Bertz CT molecular complexity index is 358. The van der Waals surface area contributed by atoms with Gasteiger partial charge in [-0.1, -0.05) is 25.7 Å². The van der Waals surface area contributed by atoms with E-state index in [2.05, 4.69) is 5.32 Å². The van der Waals surface area contributed by atoms with E-state index in [0.717, 1.165) is 38.5 Å². The van der Waals surface area contributed by atoms with E-state index < -0.39 is 17.8 Å². The second kappa shape index (κ2) is 7.07. The molecule has 4 atom stereocenters. The molecule has 5 nitrogen and oxygen atoms in total. The summed E-state index contributed by atoms with van der Waals surface area (Å²) in [6, 6.07) is 0.0117. The molecule has 2 aliphatic carbocycles. The summed E-state index contributed by atoms with van der Waals surface area (Å²) in [6.45, 7) is 0.0952. The van der Waals surface area contributed by atoms with Crippen LogP contribution in [0.15, 0.2) is 0 Å². The Morgan fingerprint density at radius 3 is 2.20 bits per heavy atom. The van der Waals surface area contributed by atoms with Crippen LogP contribution in [0, 0.1) is 17.8 Å². The van der Waals surface area contributed by atoms with Gasteiger partial charge in [-0.25, -0.2) is 0 Å². The largest absolute Gasteiger partial charge is 0.481 e. The third-order valence-electron chi connectivity index (χ3n) is 4.89. The smallest absolute Gasteiger partial charge is 0.307 e. The van der Waals surface area contributed by atoms with Crippen molar-refractivity contribution >= 4 is 11.9 Å². The third kappa shape index (κ3) is 3.51. The van der Waals surface area contributed by atoms with Gasteiger partial charge in [-0.2, -0.15) is 0 Å². The van der Waals surface area contributed by atoms with Crippen molar-refractivity contribution < 1.29 is 19.8 Å². The van der Waals surface area contributed by atoms with Gasteiger partial charge in [-0.3, -0.25) is 9.59 Å². The number of carboxylic acid groups (broad SMARTS) is 1. The predicted octanol–water partition coefficient (Wildman–Crippen LogP) is 1.54. The predicted molar refractivity (Wildman–Crippen MR) is 74.1 cm³/mol. The van der Waals surface area contributed by atoms with Crippen LogP contribution in [0.25, 0.3) is 0 Å². The highest BCUT2D eigenvalue weighted by Gasteiger charge is 2.37. The first-order chi connectivity index (χ1) is 9.63. The Balaban J connectivity index is 1.96. The van der Waals surface area contributed by atoms with Crippen molar-refractivity contribution in [2.24, 2.45) is 17.8 Å². The Kier molecular flexibility index (Phi) is 5.40. The molecule has 0 aromatic heterocycles. The maximum absolute atomic E-state index is 12.4. The highest BCUT2D eigenvalue weighted by atomic mass is 16.4. The van der Waals surface area contributed by atoms with Crippen molar-refractivity contribution in [3.63, 3.8) is 0 Å². The quantitative estimate of drug-likeness (QED) is 0.730. The molecule has 0 spiro atoms. The maximum Gasteiger partial charge on any atom is 0.307 e. The Morgan fingerprint density at radius 2 is 1.55 bits per heavy atom. The lowest BCUT2D eigenvalue weighted by atomic mass is 9.78. The van der Waals surface area contributed by atoms with Crippen LogP contribution in [-0.4, -0.2) is 34.7 Å². The first kappa shape index (κ1) is 15.3. The minimum absolute atomic E-state index is 0.0117. The zero-order valence-corrected chi connectivity index (χ0v) is 11.9. The fraction of sp³-hybridized carbons (Fsp3) is 0.867. The zero-order valence-electron chi connectivity index (χ0n) is 11.9. The lowest BCUT2D eigenvalue weighted by molar-refractivity contribution is -0.149. The molecule has 2 saturated carbocycles. The van der Waals surface area contributed by atoms with Crippen LogP contribution in [0.4, 0.5) is 0 Å². The number of carboxylic acids is 1. The molecule has 0 heterocycles.